The van der Waals surface area contributed by atoms with Crippen LogP contribution >= 0.6 is 0 Å². The van der Waals surface area contributed by atoms with Crippen LogP contribution in [0.1, 0.15) is 31.9 Å². The minimum absolute atomic E-state index is 0.0588. The quantitative estimate of drug-likeness (QED) is 0.712. The standard InChI is InChI=1S/C21H19F3N2O4/c1-20(2,3)30-19(28)25-17-15-11-14(29-21(22,23)24)9-10-16(15)26(18(17)27)12-13-7-5-4-6-8-13/h4-11H,12H2,1-3H3/b25-17-. The van der Waals surface area contributed by atoms with Crippen molar-refractivity contribution >= 4 is 23.4 Å². The van der Waals surface area contributed by atoms with Gasteiger partial charge in [-0.05, 0) is 44.5 Å². The van der Waals surface area contributed by atoms with Crippen LogP contribution in [-0.2, 0) is 16.1 Å². The molecule has 0 aliphatic carbocycles. The first kappa shape index (κ1) is 21.4. The number of hydrogen-bond acceptors (Lipinski definition) is 4. The van der Waals surface area contributed by atoms with Crippen LogP contribution < -0.4 is 9.64 Å². The van der Waals surface area contributed by atoms with Gasteiger partial charge in [-0.3, -0.25) is 4.79 Å². The highest BCUT2D eigenvalue weighted by Crippen LogP contribution is 2.35. The molecule has 0 saturated carbocycles. The first-order valence-corrected chi connectivity index (χ1v) is 9.00. The average molecular weight is 420 g/mol. The minimum atomic E-state index is -4.90. The lowest BCUT2D eigenvalue weighted by Crippen LogP contribution is -2.30. The fourth-order valence-electron chi connectivity index (χ4n) is 2.90. The molecule has 30 heavy (non-hydrogen) atoms. The molecule has 0 spiro atoms. The van der Waals surface area contributed by atoms with Crippen molar-refractivity contribution in [3.05, 3.63) is 59.7 Å². The monoisotopic (exact) mass is 420 g/mol. The predicted octanol–water partition coefficient (Wildman–Crippen LogP) is 4.86. The van der Waals surface area contributed by atoms with Gasteiger partial charge in [0.1, 0.15) is 17.1 Å². The number of carbonyl (C=O) groups excluding carboxylic acids is 2. The first-order valence-electron chi connectivity index (χ1n) is 9.00. The maximum absolute atomic E-state index is 13.0. The Hall–Kier alpha value is -3.36. The number of fused-ring (bicyclic) bond motifs is 1. The molecule has 2 aromatic carbocycles. The second-order valence-corrected chi connectivity index (χ2v) is 7.54. The van der Waals surface area contributed by atoms with Gasteiger partial charge < -0.3 is 14.4 Å². The molecule has 9 heteroatoms. The molecule has 0 saturated heterocycles. The smallest absolute Gasteiger partial charge is 0.442 e. The number of amides is 2. The molecule has 0 bridgehead atoms. The molecule has 158 valence electrons. The summed E-state index contributed by atoms with van der Waals surface area (Å²) in [6.07, 6.45) is -5.91. The summed E-state index contributed by atoms with van der Waals surface area (Å²) in [6.45, 7) is 5.05. The Morgan fingerprint density at radius 2 is 1.73 bits per heavy atom. The van der Waals surface area contributed by atoms with Crippen LogP contribution in [0.25, 0.3) is 0 Å². The summed E-state index contributed by atoms with van der Waals surface area (Å²) in [5.74, 6) is -1.14. The topological polar surface area (TPSA) is 68.2 Å². The van der Waals surface area contributed by atoms with Crippen molar-refractivity contribution in [2.45, 2.75) is 39.3 Å². The van der Waals surface area contributed by atoms with Gasteiger partial charge in [-0.15, -0.1) is 13.2 Å². The van der Waals surface area contributed by atoms with E-state index in [9.17, 15) is 22.8 Å². The lowest BCUT2D eigenvalue weighted by atomic mass is 10.1. The van der Waals surface area contributed by atoms with Gasteiger partial charge in [0.05, 0.1) is 12.2 Å². The van der Waals surface area contributed by atoms with Gasteiger partial charge in [0.25, 0.3) is 5.91 Å². The lowest BCUT2D eigenvalue weighted by Gasteiger charge is -2.18. The van der Waals surface area contributed by atoms with Gasteiger partial charge in [0.15, 0.2) is 0 Å². The second-order valence-electron chi connectivity index (χ2n) is 7.54. The maximum atomic E-state index is 13.0. The molecule has 1 aliphatic heterocycles. The zero-order valence-electron chi connectivity index (χ0n) is 16.5. The van der Waals surface area contributed by atoms with E-state index in [1.165, 1.54) is 11.0 Å². The number of benzene rings is 2. The number of aliphatic imine (C=N–C) groups is 1. The summed E-state index contributed by atoms with van der Waals surface area (Å²) in [5.41, 5.74) is 0.0225. The highest BCUT2D eigenvalue weighted by atomic mass is 19.4. The summed E-state index contributed by atoms with van der Waals surface area (Å²) in [6, 6.07) is 12.5. The molecule has 3 rings (SSSR count). The van der Waals surface area contributed by atoms with Crippen LogP contribution in [0.3, 0.4) is 0 Å². The lowest BCUT2D eigenvalue weighted by molar-refractivity contribution is -0.274. The van der Waals surface area contributed by atoms with E-state index >= 15 is 0 Å². The average Bonchev–Trinajstić information content (AvgIpc) is 2.85. The molecule has 0 radical (unpaired) electrons. The molecule has 1 heterocycles. The van der Waals surface area contributed by atoms with E-state index in [-0.39, 0.29) is 17.8 Å². The number of hydrogen-bond donors (Lipinski definition) is 0. The predicted molar refractivity (Wildman–Crippen MR) is 104 cm³/mol. The summed E-state index contributed by atoms with van der Waals surface area (Å²) < 4.78 is 46.9. The molecule has 0 unspecified atom stereocenters. The van der Waals surface area contributed by atoms with Gasteiger partial charge >= 0.3 is 12.5 Å². The van der Waals surface area contributed by atoms with E-state index in [0.717, 1.165) is 17.7 Å². The third kappa shape index (κ3) is 5.16. The van der Waals surface area contributed by atoms with Crippen molar-refractivity contribution in [1.29, 1.82) is 0 Å². The van der Waals surface area contributed by atoms with Gasteiger partial charge in [0, 0.05) is 5.56 Å². The Kier molecular flexibility index (Phi) is 5.56. The van der Waals surface area contributed by atoms with Crippen molar-refractivity contribution in [2.24, 2.45) is 4.99 Å². The first-order chi connectivity index (χ1) is 13.9. The van der Waals surface area contributed by atoms with E-state index in [1.54, 1.807) is 45.0 Å². The van der Waals surface area contributed by atoms with Crippen LogP contribution in [-0.4, -0.2) is 29.7 Å². The maximum Gasteiger partial charge on any atom is 0.573 e. The zero-order valence-corrected chi connectivity index (χ0v) is 16.5. The van der Waals surface area contributed by atoms with Crippen molar-refractivity contribution in [1.82, 2.24) is 0 Å². The van der Waals surface area contributed by atoms with Crippen molar-refractivity contribution in [3.63, 3.8) is 0 Å². The SMILES string of the molecule is CC(C)(C)OC(=O)/N=C1\C(=O)N(Cc2ccccc2)c2ccc(OC(F)(F)F)cc21. The molecule has 2 aromatic rings. The number of alkyl halides is 3. The van der Waals surface area contributed by atoms with Crippen molar-refractivity contribution in [2.75, 3.05) is 4.90 Å². The van der Waals surface area contributed by atoms with Crippen molar-refractivity contribution in [3.8, 4) is 5.75 Å². The van der Waals surface area contributed by atoms with E-state index in [0.29, 0.717) is 5.69 Å². The molecule has 6 nitrogen and oxygen atoms in total. The highest BCUT2D eigenvalue weighted by Gasteiger charge is 2.37. The Bertz CT molecular complexity index is 996. The highest BCUT2D eigenvalue weighted by molar-refractivity contribution is 6.55. The summed E-state index contributed by atoms with van der Waals surface area (Å²) in [4.78, 5) is 30.2. The largest absolute Gasteiger partial charge is 0.573 e. The number of anilines is 1. The molecule has 0 fully saturated rings. The van der Waals surface area contributed by atoms with Gasteiger partial charge in [-0.25, -0.2) is 4.79 Å². The molecular weight excluding hydrogens is 401 g/mol. The van der Waals surface area contributed by atoms with Crippen LogP contribution in [0, 0.1) is 0 Å². The molecular formula is C21H19F3N2O4. The fourth-order valence-corrected chi connectivity index (χ4v) is 2.90. The van der Waals surface area contributed by atoms with Gasteiger partial charge in [0.2, 0.25) is 0 Å². The van der Waals surface area contributed by atoms with Gasteiger partial charge in [-0.1, -0.05) is 30.3 Å². The molecule has 1 aliphatic rings. The summed E-state index contributed by atoms with van der Waals surface area (Å²) in [5, 5.41) is 0. The van der Waals surface area contributed by atoms with Crippen LogP contribution in [0.15, 0.2) is 53.5 Å². The summed E-state index contributed by atoms with van der Waals surface area (Å²) >= 11 is 0. The van der Waals surface area contributed by atoms with Crippen LogP contribution in [0.4, 0.5) is 23.7 Å². The minimum Gasteiger partial charge on any atom is -0.442 e. The van der Waals surface area contributed by atoms with E-state index in [4.69, 9.17) is 4.74 Å². The number of halogens is 3. The second kappa shape index (κ2) is 7.81. The Labute approximate surface area is 170 Å². The number of ether oxygens (including phenoxy) is 2. The summed E-state index contributed by atoms with van der Waals surface area (Å²) in [7, 11) is 0. The normalized spacial score (nSPS) is 15.3. The van der Waals surface area contributed by atoms with Gasteiger partial charge in [-0.2, -0.15) is 4.99 Å². The molecule has 0 aromatic heterocycles. The van der Waals surface area contributed by atoms with Crippen LogP contribution in [0.5, 0.6) is 5.75 Å². The Balaban J connectivity index is 2.02. The van der Waals surface area contributed by atoms with E-state index in [1.807, 2.05) is 6.07 Å². The van der Waals surface area contributed by atoms with E-state index in [2.05, 4.69) is 9.73 Å². The Morgan fingerprint density at radius 1 is 1.07 bits per heavy atom. The zero-order chi connectivity index (χ0) is 22.1. The molecule has 0 atom stereocenters. The Morgan fingerprint density at radius 3 is 2.33 bits per heavy atom. The third-order valence-electron chi connectivity index (χ3n) is 3.98. The fraction of sp³-hybridized carbons (Fsp3) is 0.286. The molecule has 2 amide bonds. The third-order valence-corrected chi connectivity index (χ3v) is 3.98. The number of nitrogens with zero attached hydrogens (tertiary/aromatic N) is 2. The number of carbonyl (C=O) groups is 2. The van der Waals surface area contributed by atoms with Crippen molar-refractivity contribution < 1.29 is 32.2 Å². The number of rotatable bonds is 3. The molecule has 0 N–H and O–H groups in total. The van der Waals surface area contributed by atoms with E-state index < -0.39 is 29.7 Å². The van der Waals surface area contributed by atoms with Crippen LogP contribution in [0.2, 0.25) is 0 Å².